The molecule has 0 aliphatic carbocycles. The van der Waals surface area contributed by atoms with Crippen LogP contribution in [0.15, 0.2) is 6.20 Å². The maximum Gasteiger partial charge on any atom is 0.250 e. The van der Waals surface area contributed by atoms with Crippen LogP contribution in [-0.4, -0.2) is 12.1 Å². The number of methoxy groups -OCH3 is 1. The minimum absolute atomic E-state index is 0.0724. The average Bonchev–Trinajstić information content (AvgIpc) is 2.01. The summed E-state index contributed by atoms with van der Waals surface area (Å²) in [5.74, 6) is -1.58. The molecule has 0 aliphatic heterocycles. The quantitative estimate of drug-likeness (QED) is 0.621. The molecular weight excluding hydrogens is 152 g/mol. The van der Waals surface area contributed by atoms with Crippen LogP contribution in [0.5, 0.6) is 5.88 Å². The maximum atomic E-state index is 12.8. The molecule has 60 valence electrons. The van der Waals surface area contributed by atoms with E-state index in [0.717, 1.165) is 6.20 Å². The number of nitrogens with zero attached hydrogens (tertiary/aromatic N) is 1. The molecule has 0 bridgehead atoms. The highest BCUT2D eigenvalue weighted by molar-refractivity contribution is 5.23. The van der Waals surface area contributed by atoms with E-state index in [0.29, 0.717) is 0 Å². The predicted molar refractivity (Wildman–Crippen MR) is 35.4 cm³/mol. The summed E-state index contributed by atoms with van der Waals surface area (Å²) >= 11 is 0. The summed E-state index contributed by atoms with van der Waals surface area (Å²) in [5.41, 5.74) is -0.0724. The Hall–Kier alpha value is -1.19. The van der Waals surface area contributed by atoms with Gasteiger partial charge in [0.25, 0.3) is 5.88 Å². The van der Waals surface area contributed by atoms with Gasteiger partial charge < -0.3 is 4.74 Å². The van der Waals surface area contributed by atoms with Crippen LogP contribution in [0, 0.1) is 18.6 Å². The molecule has 1 aromatic heterocycles. The summed E-state index contributed by atoms with van der Waals surface area (Å²) in [4.78, 5) is 3.38. The SMILES string of the molecule is COc1ncc(F)c(C)c1F. The zero-order valence-electron chi connectivity index (χ0n) is 6.19. The molecule has 0 unspecified atom stereocenters. The molecule has 0 aliphatic rings. The van der Waals surface area contributed by atoms with Crippen LogP contribution in [0.2, 0.25) is 0 Å². The fourth-order valence-corrected chi connectivity index (χ4v) is 0.676. The first-order valence-corrected chi connectivity index (χ1v) is 3.01. The second kappa shape index (κ2) is 2.82. The van der Waals surface area contributed by atoms with Crippen LogP contribution in [-0.2, 0) is 0 Å². The summed E-state index contributed by atoms with van der Waals surface area (Å²) < 4.78 is 29.9. The Balaban J connectivity index is 3.25. The molecule has 11 heavy (non-hydrogen) atoms. The highest BCUT2D eigenvalue weighted by Crippen LogP contribution is 2.18. The van der Waals surface area contributed by atoms with Gasteiger partial charge in [0.15, 0.2) is 5.82 Å². The zero-order chi connectivity index (χ0) is 8.43. The Morgan fingerprint density at radius 2 is 2.09 bits per heavy atom. The minimum Gasteiger partial charge on any atom is -0.479 e. The Labute approximate surface area is 62.8 Å². The minimum atomic E-state index is -0.743. The highest BCUT2D eigenvalue weighted by Gasteiger charge is 2.10. The molecule has 0 aromatic carbocycles. The van der Waals surface area contributed by atoms with Crippen LogP contribution in [0.3, 0.4) is 0 Å². The summed E-state index contributed by atoms with van der Waals surface area (Å²) in [5, 5.41) is 0. The van der Waals surface area contributed by atoms with Gasteiger partial charge in [-0.05, 0) is 6.92 Å². The van der Waals surface area contributed by atoms with Gasteiger partial charge in [-0.15, -0.1) is 0 Å². The number of rotatable bonds is 1. The number of hydrogen-bond acceptors (Lipinski definition) is 2. The summed E-state index contributed by atoms with van der Waals surface area (Å²) in [6, 6.07) is 0. The Morgan fingerprint density at radius 3 is 2.64 bits per heavy atom. The van der Waals surface area contributed by atoms with E-state index in [1.54, 1.807) is 0 Å². The first kappa shape index (κ1) is 7.91. The Bertz CT molecular complexity index is 275. The van der Waals surface area contributed by atoms with Gasteiger partial charge in [-0.25, -0.2) is 13.8 Å². The molecule has 0 saturated heterocycles. The number of ether oxygens (including phenoxy) is 1. The summed E-state index contributed by atoms with van der Waals surface area (Å²) in [6.07, 6.45) is 0.928. The Kier molecular flexibility index (Phi) is 2.03. The third-order valence-electron chi connectivity index (χ3n) is 1.36. The fourth-order valence-electron chi connectivity index (χ4n) is 0.676. The van der Waals surface area contributed by atoms with E-state index in [-0.39, 0.29) is 11.4 Å². The van der Waals surface area contributed by atoms with Gasteiger partial charge in [-0.2, -0.15) is 0 Å². The van der Waals surface area contributed by atoms with Crippen molar-refractivity contribution in [2.24, 2.45) is 0 Å². The van der Waals surface area contributed by atoms with Gasteiger partial charge in [-0.3, -0.25) is 0 Å². The number of hydrogen-bond donors (Lipinski definition) is 0. The number of halogens is 2. The first-order chi connectivity index (χ1) is 5.16. The van der Waals surface area contributed by atoms with E-state index in [2.05, 4.69) is 9.72 Å². The maximum absolute atomic E-state index is 12.8. The molecule has 0 saturated carbocycles. The fraction of sp³-hybridized carbons (Fsp3) is 0.286. The molecule has 0 amide bonds. The molecule has 1 rings (SSSR count). The molecule has 1 aromatic rings. The number of pyridine rings is 1. The zero-order valence-corrected chi connectivity index (χ0v) is 6.19. The van der Waals surface area contributed by atoms with Gasteiger partial charge in [0.1, 0.15) is 5.82 Å². The smallest absolute Gasteiger partial charge is 0.250 e. The molecule has 0 spiro atoms. The lowest BCUT2D eigenvalue weighted by Gasteiger charge is -2.02. The third-order valence-corrected chi connectivity index (χ3v) is 1.36. The van der Waals surface area contributed by atoms with Gasteiger partial charge in [0.2, 0.25) is 0 Å². The molecule has 2 nitrogen and oxygen atoms in total. The molecule has 0 fully saturated rings. The molecule has 0 N–H and O–H groups in total. The van der Waals surface area contributed by atoms with Crippen LogP contribution >= 0.6 is 0 Å². The average molecular weight is 159 g/mol. The van der Waals surface area contributed by atoms with Crippen molar-refractivity contribution in [3.63, 3.8) is 0 Å². The highest BCUT2D eigenvalue weighted by atomic mass is 19.1. The van der Waals surface area contributed by atoms with Crippen molar-refractivity contribution in [2.45, 2.75) is 6.92 Å². The van der Waals surface area contributed by atoms with Gasteiger partial charge in [-0.1, -0.05) is 0 Å². The van der Waals surface area contributed by atoms with Gasteiger partial charge in [0.05, 0.1) is 13.3 Å². The van der Waals surface area contributed by atoms with E-state index < -0.39 is 11.6 Å². The van der Waals surface area contributed by atoms with E-state index in [1.165, 1.54) is 14.0 Å². The van der Waals surface area contributed by atoms with E-state index in [4.69, 9.17) is 0 Å². The van der Waals surface area contributed by atoms with Crippen LogP contribution in [0.4, 0.5) is 8.78 Å². The van der Waals surface area contributed by atoms with Gasteiger partial charge in [0, 0.05) is 5.56 Å². The monoisotopic (exact) mass is 159 g/mol. The summed E-state index contributed by atoms with van der Waals surface area (Å²) in [7, 11) is 1.28. The molecule has 1 heterocycles. The van der Waals surface area contributed by atoms with Gasteiger partial charge >= 0.3 is 0 Å². The molecule has 0 radical (unpaired) electrons. The number of aromatic nitrogens is 1. The standard InChI is InChI=1S/C7H7F2NO/c1-4-5(8)3-10-7(11-2)6(4)9/h3H,1-2H3. The first-order valence-electron chi connectivity index (χ1n) is 3.01. The van der Waals surface area contributed by atoms with Crippen molar-refractivity contribution in [3.8, 4) is 5.88 Å². The van der Waals surface area contributed by atoms with Crippen LogP contribution in [0.1, 0.15) is 5.56 Å². The molecule has 4 heteroatoms. The van der Waals surface area contributed by atoms with Crippen molar-refractivity contribution >= 4 is 0 Å². The normalized spacial score (nSPS) is 9.82. The Morgan fingerprint density at radius 1 is 1.45 bits per heavy atom. The van der Waals surface area contributed by atoms with Crippen molar-refractivity contribution in [1.82, 2.24) is 4.98 Å². The molecule has 0 atom stereocenters. The molecular formula is C7H7F2NO. The van der Waals surface area contributed by atoms with Crippen molar-refractivity contribution in [2.75, 3.05) is 7.11 Å². The predicted octanol–water partition coefficient (Wildman–Crippen LogP) is 1.68. The lowest BCUT2D eigenvalue weighted by molar-refractivity contribution is 0.363. The second-order valence-electron chi connectivity index (χ2n) is 2.05. The second-order valence-corrected chi connectivity index (χ2v) is 2.05. The van der Waals surface area contributed by atoms with Crippen molar-refractivity contribution in [1.29, 1.82) is 0 Å². The largest absolute Gasteiger partial charge is 0.479 e. The summed E-state index contributed by atoms with van der Waals surface area (Å²) in [6.45, 7) is 1.33. The lowest BCUT2D eigenvalue weighted by Crippen LogP contribution is -1.97. The van der Waals surface area contributed by atoms with Crippen molar-refractivity contribution in [3.05, 3.63) is 23.4 Å². The lowest BCUT2D eigenvalue weighted by atomic mass is 10.3. The van der Waals surface area contributed by atoms with Crippen LogP contribution in [0.25, 0.3) is 0 Å². The van der Waals surface area contributed by atoms with Crippen molar-refractivity contribution < 1.29 is 13.5 Å². The van der Waals surface area contributed by atoms with E-state index in [1.807, 2.05) is 0 Å². The third kappa shape index (κ3) is 1.29. The topological polar surface area (TPSA) is 22.1 Å². The van der Waals surface area contributed by atoms with E-state index in [9.17, 15) is 8.78 Å². The van der Waals surface area contributed by atoms with Crippen LogP contribution < -0.4 is 4.74 Å². The van der Waals surface area contributed by atoms with E-state index >= 15 is 0 Å².